The number of hydrogen-bond donors (Lipinski definition) is 8. The van der Waals surface area contributed by atoms with Gasteiger partial charge in [0.25, 0.3) is 0 Å². The van der Waals surface area contributed by atoms with E-state index in [0.717, 1.165) is 11.1 Å². The number of aliphatic hydroxyl groups excluding tert-OH is 2. The predicted molar refractivity (Wildman–Crippen MR) is 234 cm³/mol. The van der Waals surface area contributed by atoms with Gasteiger partial charge in [-0.3, -0.25) is 33.3 Å². The number of alkyl halides is 2. The smallest absolute Gasteiger partial charge is 0.470 e. The molecule has 0 bridgehead atoms. The minimum Gasteiger partial charge on any atom is -0.481 e. The van der Waals surface area contributed by atoms with Gasteiger partial charge < -0.3 is 50.5 Å². The van der Waals surface area contributed by atoms with E-state index >= 15 is 4.39 Å². The summed E-state index contributed by atoms with van der Waals surface area (Å²) in [5.74, 6) is -5.57. The number of amides is 3. The number of anilines is 1. The van der Waals surface area contributed by atoms with Crippen LogP contribution in [0.2, 0.25) is 0 Å². The molecule has 0 aromatic heterocycles. The fourth-order valence-corrected chi connectivity index (χ4v) is 11.6. The summed E-state index contributed by atoms with van der Waals surface area (Å²) in [5.41, 5.74) is -3.55. The standard InChI is InChI=1S/C45H52BrFN3O15P/c1-42-14-13-29(52)17-28(42)8-9-30-31-18-36-45(35(54)23-63-66(60,61)62,43(31,2)19-34(53)44(30,42)47)65-41(64-36)26-6-3-24(4-7-26)15-25-5-10-32(27(16-25)22-51)50-40(59)33(11-12-39(57)58)49-38(56)21-48-37(55)20-46/h3-7,10,13-14,16-17,30-31,33-34,36,41,51,53H,8-9,11-12,15,18-23H2,1-2H3,(H,48,55)(H,49,56)(H,50,59)(H,57,58)(H2,60,61,62)/t30-,31-,33-,34-,36+,41+,42-,43-,44-,45+/m0/s1. The molecular weight excluding hydrogens is 952 g/mol. The van der Waals surface area contributed by atoms with Crippen molar-refractivity contribution >= 4 is 64.7 Å². The molecule has 66 heavy (non-hydrogen) atoms. The lowest BCUT2D eigenvalue weighted by Crippen LogP contribution is -2.69. The summed E-state index contributed by atoms with van der Waals surface area (Å²) in [6.07, 6.45) is 0.652. The first kappa shape index (κ1) is 49.4. The number of ketones is 2. The highest BCUT2D eigenvalue weighted by Gasteiger charge is 2.79. The fraction of sp³-hybridized carbons (Fsp3) is 0.511. The van der Waals surface area contributed by atoms with Crippen LogP contribution in [0.25, 0.3) is 0 Å². The number of phosphoric ester groups is 1. The van der Waals surface area contributed by atoms with Crippen LogP contribution in [0.4, 0.5) is 10.1 Å². The minimum absolute atomic E-state index is 0.0456. The third kappa shape index (κ3) is 9.11. The van der Waals surface area contributed by atoms with Gasteiger partial charge in [0.15, 0.2) is 29.1 Å². The number of rotatable bonds is 17. The maximum Gasteiger partial charge on any atom is 0.470 e. The molecule has 5 aliphatic rings. The number of aliphatic hydroxyl groups is 2. The number of phosphoric acid groups is 1. The Bertz CT molecular complexity index is 2410. The van der Waals surface area contributed by atoms with Gasteiger partial charge in [-0.15, -0.1) is 0 Å². The van der Waals surface area contributed by atoms with E-state index in [1.165, 1.54) is 18.2 Å². The van der Waals surface area contributed by atoms with Crippen LogP contribution in [-0.2, 0) is 60.4 Å². The van der Waals surface area contributed by atoms with E-state index in [1.54, 1.807) is 56.3 Å². The molecule has 1 heterocycles. The number of ether oxygens (including phenoxy) is 2. The van der Waals surface area contributed by atoms with Gasteiger partial charge in [-0.2, -0.15) is 0 Å². The first-order chi connectivity index (χ1) is 31.1. The topological polar surface area (TPSA) is 284 Å². The Balaban J connectivity index is 1.08. The molecule has 10 atom stereocenters. The lowest BCUT2D eigenvalue weighted by atomic mass is 9.44. The average Bonchev–Trinajstić information content (AvgIpc) is 3.77. The largest absolute Gasteiger partial charge is 0.481 e. The van der Waals surface area contributed by atoms with Gasteiger partial charge >= 0.3 is 13.8 Å². The van der Waals surface area contributed by atoms with E-state index in [0.29, 0.717) is 29.5 Å². The molecule has 4 fully saturated rings. The number of aliphatic carboxylic acids is 1. The number of allylic oxidation sites excluding steroid dienone is 4. The summed E-state index contributed by atoms with van der Waals surface area (Å²) in [6, 6.07) is 10.7. The second-order valence-corrected chi connectivity index (χ2v) is 19.8. The molecule has 7 rings (SSSR count). The zero-order chi connectivity index (χ0) is 48.0. The third-order valence-corrected chi connectivity index (χ3v) is 15.3. The van der Waals surface area contributed by atoms with E-state index < -0.39 is 122 Å². The van der Waals surface area contributed by atoms with Crippen molar-refractivity contribution < 1.29 is 76.8 Å². The first-order valence-electron chi connectivity index (χ1n) is 21.4. The summed E-state index contributed by atoms with van der Waals surface area (Å²) in [4.78, 5) is 94.3. The van der Waals surface area contributed by atoms with E-state index in [9.17, 15) is 58.4 Å². The number of carboxylic acid groups (broad SMARTS) is 1. The Hall–Kier alpha value is -4.50. The molecule has 8 N–H and O–H groups in total. The van der Waals surface area contributed by atoms with Gasteiger partial charge in [-0.1, -0.05) is 70.9 Å². The minimum atomic E-state index is -5.12. The fourth-order valence-electron chi connectivity index (χ4n) is 11.1. The van der Waals surface area contributed by atoms with Crippen molar-refractivity contribution in [2.24, 2.45) is 22.7 Å². The van der Waals surface area contributed by atoms with E-state index in [-0.39, 0.29) is 42.5 Å². The Morgan fingerprint density at radius 2 is 1.76 bits per heavy atom. The Kier molecular flexibility index (Phi) is 14.1. The molecular formula is C45H52BrFN3O15P. The summed E-state index contributed by atoms with van der Waals surface area (Å²) in [7, 11) is -5.12. The van der Waals surface area contributed by atoms with Crippen LogP contribution >= 0.6 is 23.8 Å². The van der Waals surface area contributed by atoms with Crippen LogP contribution in [-0.4, -0.2) is 108 Å². The SMILES string of the molecule is C[C@]12C=CC(=O)C=C1CC[C@H]1[C@@H]3C[C@H]4O[C@@H](c5ccc(Cc6ccc(NC(=O)[C@H](CCC(=O)O)NC(=O)CNC(=O)CBr)c(CO)c6)cc5)O[C@@]4(C(=O)COP(=O)(O)O)[C@@]3(C)C[C@H](O)[C@@]12F. The van der Waals surface area contributed by atoms with Crippen molar-refractivity contribution in [3.63, 3.8) is 0 Å². The molecule has 1 saturated heterocycles. The number of carbonyl (C=O) groups is 6. The lowest BCUT2D eigenvalue weighted by Gasteiger charge is -2.62. The van der Waals surface area contributed by atoms with Crippen molar-refractivity contribution in [1.29, 1.82) is 0 Å². The summed E-state index contributed by atoms with van der Waals surface area (Å²) in [6.45, 7) is 1.44. The molecule has 356 valence electrons. The Labute approximate surface area is 387 Å². The van der Waals surface area contributed by atoms with Crippen LogP contribution in [0.1, 0.15) is 80.9 Å². The lowest BCUT2D eigenvalue weighted by molar-refractivity contribution is -0.231. The van der Waals surface area contributed by atoms with Crippen molar-refractivity contribution in [3.8, 4) is 0 Å². The zero-order valence-electron chi connectivity index (χ0n) is 36.0. The molecule has 0 unspecified atom stereocenters. The second kappa shape index (κ2) is 18.9. The van der Waals surface area contributed by atoms with Gasteiger partial charge in [0.2, 0.25) is 17.7 Å². The Morgan fingerprint density at radius 3 is 2.42 bits per heavy atom. The van der Waals surface area contributed by atoms with Crippen LogP contribution in [0.3, 0.4) is 0 Å². The normalized spacial score (nSPS) is 31.4. The molecule has 0 radical (unpaired) electrons. The number of hydrogen-bond acceptors (Lipinski definition) is 12. The molecule has 3 amide bonds. The molecule has 21 heteroatoms. The number of Topliss-reactive ketones (excluding diaryl/α,β-unsaturated/α-hetero) is 1. The second-order valence-electron chi connectivity index (χ2n) is 18.0. The molecule has 0 spiro atoms. The van der Waals surface area contributed by atoms with Gasteiger partial charge in [0.1, 0.15) is 12.6 Å². The van der Waals surface area contributed by atoms with Gasteiger partial charge in [0, 0.05) is 40.0 Å². The average molecular weight is 1000 g/mol. The Morgan fingerprint density at radius 1 is 1.05 bits per heavy atom. The monoisotopic (exact) mass is 1000 g/mol. The molecule has 18 nitrogen and oxygen atoms in total. The highest BCUT2D eigenvalue weighted by atomic mass is 79.9. The zero-order valence-corrected chi connectivity index (χ0v) is 38.5. The van der Waals surface area contributed by atoms with Crippen LogP contribution < -0.4 is 16.0 Å². The molecule has 2 aromatic carbocycles. The maximum absolute atomic E-state index is 17.9. The third-order valence-electron chi connectivity index (χ3n) is 14.3. The van der Waals surface area contributed by atoms with Crippen molar-refractivity contribution in [2.75, 3.05) is 23.8 Å². The molecule has 4 aliphatic carbocycles. The van der Waals surface area contributed by atoms with E-state index in [2.05, 4.69) is 31.9 Å². The number of nitrogens with one attached hydrogen (secondary N) is 3. The summed E-state index contributed by atoms with van der Waals surface area (Å²) in [5, 5.41) is 38.7. The molecule has 1 aliphatic heterocycles. The number of fused-ring (bicyclic) bond motifs is 7. The summed E-state index contributed by atoms with van der Waals surface area (Å²) < 4.78 is 47.5. The van der Waals surface area contributed by atoms with Crippen LogP contribution in [0.15, 0.2) is 66.3 Å². The van der Waals surface area contributed by atoms with Crippen molar-refractivity contribution in [2.45, 2.75) is 101 Å². The van der Waals surface area contributed by atoms with Crippen LogP contribution in [0, 0.1) is 22.7 Å². The van der Waals surface area contributed by atoms with Crippen molar-refractivity contribution in [3.05, 3.63) is 88.5 Å². The number of benzene rings is 2. The molecule has 2 aromatic rings. The van der Waals surface area contributed by atoms with Gasteiger partial charge in [-0.05, 0) is 80.7 Å². The quantitative estimate of drug-likeness (QED) is 0.0833. The first-order valence-corrected chi connectivity index (χ1v) is 24.1. The van der Waals surface area contributed by atoms with E-state index in [4.69, 9.17) is 14.0 Å². The van der Waals surface area contributed by atoms with Gasteiger partial charge in [0.05, 0.1) is 30.7 Å². The maximum atomic E-state index is 17.9. The van der Waals surface area contributed by atoms with Gasteiger partial charge in [-0.25, -0.2) is 8.96 Å². The highest BCUT2D eigenvalue weighted by Crippen LogP contribution is 2.72. The highest BCUT2D eigenvalue weighted by molar-refractivity contribution is 9.09. The molecule has 3 saturated carbocycles. The number of carbonyl (C=O) groups excluding carboxylic acids is 5. The predicted octanol–water partition coefficient (Wildman–Crippen LogP) is 3.38. The summed E-state index contributed by atoms with van der Waals surface area (Å²) >= 11 is 2.96. The van der Waals surface area contributed by atoms with E-state index in [1.807, 2.05) is 0 Å². The number of carboxylic acids is 1. The van der Waals surface area contributed by atoms with Crippen LogP contribution in [0.5, 0.6) is 0 Å². The number of halogens is 2. The van der Waals surface area contributed by atoms with Crippen molar-refractivity contribution in [1.82, 2.24) is 10.6 Å².